The molecule has 0 aliphatic carbocycles. The molecule has 7 heteroatoms. The first kappa shape index (κ1) is 14.5. The monoisotopic (exact) mass is 343 g/mol. The Morgan fingerprint density at radius 2 is 2.26 bits per heavy atom. The number of halogens is 2. The molecule has 5 nitrogen and oxygen atoms in total. The third kappa shape index (κ3) is 3.14. The first-order valence-corrected chi connectivity index (χ1v) is 6.95. The molecule has 2 aromatic rings. The molecule has 0 aliphatic heterocycles. The lowest BCUT2D eigenvalue weighted by Gasteiger charge is -2.15. The minimum Gasteiger partial charge on any atom is -0.271 e. The molecule has 1 atom stereocenters. The summed E-state index contributed by atoms with van der Waals surface area (Å²) in [5.41, 5.74) is 5.65. The Hall–Kier alpha value is -0.950. The molecule has 2 heterocycles. The molecule has 0 bridgehead atoms. The van der Waals surface area contributed by atoms with Gasteiger partial charge < -0.3 is 0 Å². The Kier molecular flexibility index (Phi) is 4.57. The standard InChI is InChI=1S/C12H15BrClN5/c1-7-12(13)11(19(2)18-7)5-10(17-15)9-4-3-8(14)6-16-9/h3-4,6,10,17H,5,15H2,1-2H3. The Bertz CT molecular complexity index is 566. The van der Waals surface area contributed by atoms with Crippen LogP contribution in [0.25, 0.3) is 0 Å². The van der Waals surface area contributed by atoms with Gasteiger partial charge in [-0.25, -0.2) is 0 Å². The first-order valence-electron chi connectivity index (χ1n) is 5.78. The summed E-state index contributed by atoms with van der Waals surface area (Å²) in [5, 5.41) is 4.97. The fourth-order valence-corrected chi connectivity index (χ4v) is 2.55. The van der Waals surface area contributed by atoms with Gasteiger partial charge in [0.15, 0.2) is 0 Å². The van der Waals surface area contributed by atoms with Crippen LogP contribution in [0, 0.1) is 6.92 Å². The summed E-state index contributed by atoms with van der Waals surface area (Å²) in [7, 11) is 1.91. The number of rotatable bonds is 4. The summed E-state index contributed by atoms with van der Waals surface area (Å²) in [6.45, 7) is 1.96. The summed E-state index contributed by atoms with van der Waals surface area (Å²) in [5.74, 6) is 5.63. The highest BCUT2D eigenvalue weighted by molar-refractivity contribution is 9.10. The molecule has 0 saturated carbocycles. The van der Waals surface area contributed by atoms with Gasteiger partial charge in [-0.3, -0.25) is 20.9 Å². The maximum absolute atomic E-state index is 5.84. The van der Waals surface area contributed by atoms with E-state index in [9.17, 15) is 0 Å². The van der Waals surface area contributed by atoms with Gasteiger partial charge in [-0.2, -0.15) is 5.10 Å². The van der Waals surface area contributed by atoms with Gasteiger partial charge in [0.25, 0.3) is 0 Å². The molecule has 1 unspecified atom stereocenters. The van der Waals surface area contributed by atoms with Crippen LogP contribution >= 0.6 is 27.5 Å². The van der Waals surface area contributed by atoms with Crippen molar-refractivity contribution >= 4 is 27.5 Å². The molecule has 102 valence electrons. The number of aryl methyl sites for hydroxylation is 2. The highest BCUT2D eigenvalue weighted by Gasteiger charge is 2.18. The summed E-state index contributed by atoms with van der Waals surface area (Å²) >= 11 is 9.39. The molecule has 0 amide bonds. The third-order valence-corrected chi connectivity index (χ3v) is 4.22. The van der Waals surface area contributed by atoms with Gasteiger partial charge in [-0.15, -0.1) is 0 Å². The van der Waals surface area contributed by atoms with Crippen molar-refractivity contribution in [2.45, 2.75) is 19.4 Å². The van der Waals surface area contributed by atoms with E-state index in [4.69, 9.17) is 17.4 Å². The average Bonchev–Trinajstić information content (AvgIpc) is 2.63. The lowest BCUT2D eigenvalue weighted by Crippen LogP contribution is -2.30. The van der Waals surface area contributed by atoms with Crippen LogP contribution in [0.15, 0.2) is 22.8 Å². The lowest BCUT2D eigenvalue weighted by molar-refractivity contribution is 0.517. The molecule has 19 heavy (non-hydrogen) atoms. The number of hydrazine groups is 1. The maximum Gasteiger partial charge on any atom is 0.0738 e. The maximum atomic E-state index is 5.84. The molecule has 0 aromatic carbocycles. The molecule has 0 aliphatic rings. The van der Waals surface area contributed by atoms with E-state index >= 15 is 0 Å². The molecule has 2 aromatic heterocycles. The van der Waals surface area contributed by atoms with Crippen molar-refractivity contribution in [3.63, 3.8) is 0 Å². The number of nitrogens with one attached hydrogen (secondary N) is 1. The summed E-state index contributed by atoms with van der Waals surface area (Å²) in [6, 6.07) is 3.57. The SMILES string of the molecule is Cc1nn(C)c(CC(NN)c2ccc(Cl)cn2)c1Br. The van der Waals surface area contributed by atoms with Gasteiger partial charge in [0.2, 0.25) is 0 Å². The van der Waals surface area contributed by atoms with Crippen molar-refractivity contribution in [1.29, 1.82) is 0 Å². The molecule has 3 N–H and O–H groups in total. The largest absolute Gasteiger partial charge is 0.271 e. The van der Waals surface area contributed by atoms with Crippen molar-refractivity contribution in [2.75, 3.05) is 0 Å². The third-order valence-electron chi connectivity index (χ3n) is 2.97. The molecule has 0 fully saturated rings. The van der Waals surface area contributed by atoms with Gasteiger partial charge in [0, 0.05) is 19.7 Å². The van der Waals surface area contributed by atoms with E-state index in [0.29, 0.717) is 11.4 Å². The Labute approximate surface area is 125 Å². The molecule has 2 rings (SSSR count). The van der Waals surface area contributed by atoms with Crippen molar-refractivity contribution in [3.8, 4) is 0 Å². The Morgan fingerprint density at radius 3 is 2.74 bits per heavy atom. The van der Waals surface area contributed by atoms with E-state index in [2.05, 4.69) is 31.4 Å². The second kappa shape index (κ2) is 6.00. The number of hydrogen-bond acceptors (Lipinski definition) is 4. The lowest BCUT2D eigenvalue weighted by atomic mass is 10.1. The van der Waals surface area contributed by atoms with E-state index in [1.165, 1.54) is 0 Å². The number of nitrogens with zero attached hydrogens (tertiary/aromatic N) is 3. The fraction of sp³-hybridized carbons (Fsp3) is 0.333. The number of aromatic nitrogens is 3. The summed E-state index contributed by atoms with van der Waals surface area (Å²) in [6.07, 6.45) is 2.30. The average molecular weight is 345 g/mol. The van der Waals surface area contributed by atoms with Gasteiger partial charge >= 0.3 is 0 Å². The zero-order chi connectivity index (χ0) is 14.0. The quantitative estimate of drug-likeness (QED) is 0.659. The van der Waals surface area contributed by atoms with Gasteiger partial charge in [-0.1, -0.05) is 11.6 Å². The number of pyridine rings is 1. The van der Waals surface area contributed by atoms with E-state index < -0.39 is 0 Å². The second-order valence-corrected chi connectivity index (χ2v) is 5.52. The van der Waals surface area contributed by atoms with Crippen molar-refractivity contribution in [3.05, 3.63) is 44.9 Å². The molecular formula is C12H15BrClN5. The van der Waals surface area contributed by atoms with Crippen LogP contribution in [0.3, 0.4) is 0 Å². The Balaban J connectivity index is 2.26. The van der Waals surface area contributed by atoms with Crippen LogP contribution in [0.5, 0.6) is 0 Å². The van der Waals surface area contributed by atoms with E-state index in [1.807, 2.05) is 24.7 Å². The predicted molar refractivity (Wildman–Crippen MR) is 78.7 cm³/mol. The summed E-state index contributed by atoms with van der Waals surface area (Å²) in [4.78, 5) is 4.29. The topological polar surface area (TPSA) is 68.8 Å². The molecule has 0 saturated heterocycles. The fourth-order valence-electron chi connectivity index (χ4n) is 1.94. The Morgan fingerprint density at radius 1 is 1.53 bits per heavy atom. The van der Waals surface area contributed by atoms with E-state index in [1.54, 1.807) is 12.3 Å². The summed E-state index contributed by atoms with van der Waals surface area (Å²) < 4.78 is 2.85. The minimum absolute atomic E-state index is 0.0941. The zero-order valence-corrected chi connectivity index (χ0v) is 13.0. The van der Waals surface area contributed by atoms with Gasteiger partial charge in [0.1, 0.15) is 0 Å². The predicted octanol–water partition coefficient (Wildman–Crippen LogP) is 2.29. The van der Waals surface area contributed by atoms with Crippen LogP contribution in [0.4, 0.5) is 0 Å². The van der Waals surface area contributed by atoms with Gasteiger partial charge in [0.05, 0.1) is 32.6 Å². The first-order chi connectivity index (χ1) is 9.02. The van der Waals surface area contributed by atoms with Crippen molar-refractivity contribution in [1.82, 2.24) is 20.2 Å². The number of nitrogens with two attached hydrogens (primary N) is 1. The number of hydrogen-bond donors (Lipinski definition) is 2. The normalized spacial score (nSPS) is 12.7. The second-order valence-electron chi connectivity index (χ2n) is 4.29. The van der Waals surface area contributed by atoms with Crippen LogP contribution in [0.1, 0.15) is 23.1 Å². The zero-order valence-electron chi connectivity index (χ0n) is 10.7. The smallest absolute Gasteiger partial charge is 0.0738 e. The van der Waals surface area contributed by atoms with Crippen molar-refractivity contribution < 1.29 is 0 Å². The minimum atomic E-state index is -0.0941. The van der Waals surface area contributed by atoms with Crippen LogP contribution < -0.4 is 11.3 Å². The molecule has 0 spiro atoms. The molecule has 0 radical (unpaired) electrons. The van der Waals surface area contributed by atoms with Crippen LogP contribution in [0.2, 0.25) is 5.02 Å². The van der Waals surface area contributed by atoms with E-state index in [-0.39, 0.29) is 6.04 Å². The molecular weight excluding hydrogens is 330 g/mol. The van der Waals surface area contributed by atoms with Crippen molar-refractivity contribution in [2.24, 2.45) is 12.9 Å². The highest BCUT2D eigenvalue weighted by atomic mass is 79.9. The van der Waals surface area contributed by atoms with E-state index in [0.717, 1.165) is 21.6 Å². The highest BCUT2D eigenvalue weighted by Crippen LogP contribution is 2.25. The van der Waals surface area contributed by atoms with Crippen LogP contribution in [-0.4, -0.2) is 14.8 Å². The van der Waals surface area contributed by atoms with Crippen LogP contribution in [-0.2, 0) is 13.5 Å². The van der Waals surface area contributed by atoms with Gasteiger partial charge in [-0.05, 0) is 35.0 Å².